The number of phenolic OH excluding ortho intramolecular Hbond substituents is 1. The molecule has 176 valence electrons. The topological polar surface area (TPSA) is 86.3 Å². The fraction of sp³-hybridized carbons (Fsp3) is 0.148. The van der Waals surface area contributed by atoms with E-state index in [0.717, 1.165) is 11.1 Å². The predicted octanol–water partition coefficient (Wildman–Crippen LogP) is 5.25. The second kappa shape index (κ2) is 11.5. The Balaban J connectivity index is 1.87. The number of nitrogens with one attached hydrogen (secondary N) is 1. The minimum Gasteiger partial charge on any atom is -0.503 e. The van der Waals surface area contributed by atoms with Crippen LogP contribution in [0.5, 0.6) is 28.7 Å². The molecule has 3 aromatic carbocycles. The van der Waals surface area contributed by atoms with Gasteiger partial charge in [0.15, 0.2) is 23.0 Å². The largest absolute Gasteiger partial charge is 0.503 e. The molecule has 0 aromatic heterocycles. The number of phenols is 1. The van der Waals surface area contributed by atoms with E-state index in [1.165, 1.54) is 13.2 Å². The molecule has 7 heteroatoms. The lowest BCUT2D eigenvalue weighted by Gasteiger charge is -2.13. The smallest absolute Gasteiger partial charge is 0.248 e. The molecule has 3 rings (SSSR count). The molecule has 0 radical (unpaired) electrons. The van der Waals surface area contributed by atoms with E-state index < -0.39 is 0 Å². The molecule has 0 aliphatic carbocycles. The summed E-state index contributed by atoms with van der Waals surface area (Å²) in [6.07, 6.45) is 6.76. The van der Waals surface area contributed by atoms with Crippen LogP contribution in [0.1, 0.15) is 16.7 Å². The fourth-order valence-corrected chi connectivity index (χ4v) is 3.28. The molecule has 0 saturated carbocycles. The number of aromatic hydroxyl groups is 1. The standard InChI is InChI=1S/C27H27NO6/c1-31-22-15-19(10-11-20-16-23(32-2)27(34-4)24(17-20)33-3)14-21(26(22)30)28-25(29)13-12-18-8-6-5-7-9-18/h5-17,30H,1-4H3,(H,28,29)/b11-10+,13-12+. The zero-order valence-corrected chi connectivity index (χ0v) is 19.5. The van der Waals surface area contributed by atoms with Crippen molar-refractivity contribution in [3.05, 3.63) is 77.4 Å². The summed E-state index contributed by atoms with van der Waals surface area (Å²) in [6.45, 7) is 0. The van der Waals surface area contributed by atoms with Gasteiger partial charge in [-0.2, -0.15) is 0 Å². The Hall–Kier alpha value is -4.39. The molecule has 0 heterocycles. The second-order valence-corrected chi connectivity index (χ2v) is 7.14. The van der Waals surface area contributed by atoms with E-state index in [4.69, 9.17) is 18.9 Å². The summed E-state index contributed by atoms with van der Waals surface area (Å²) in [5.41, 5.74) is 2.62. The van der Waals surface area contributed by atoms with Crippen LogP contribution in [0.3, 0.4) is 0 Å². The van der Waals surface area contributed by atoms with Crippen LogP contribution < -0.4 is 24.3 Å². The van der Waals surface area contributed by atoms with Gasteiger partial charge in [-0.3, -0.25) is 4.79 Å². The van der Waals surface area contributed by atoms with Gasteiger partial charge in [-0.05, 0) is 47.0 Å². The molecular weight excluding hydrogens is 434 g/mol. The van der Waals surface area contributed by atoms with Crippen LogP contribution >= 0.6 is 0 Å². The van der Waals surface area contributed by atoms with Crippen molar-refractivity contribution < 1.29 is 28.8 Å². The second-order valence-electron chi connectivity index (χ2n) is 7.14. The van der Waals surface area contributed by atoms with Crippen LogP contribution in [0.2, 0.25) is 0 Å². The van der Waals surface area contributed by atoms with Crippen LogP contribution in [0.25, 0.3) is 18.2 Å². The van der Waals surface area contributed by atoms with E-state index >= 15 is 0 Å². The number of ether oxygens (including phenoxy) is 4. The van der Waals surface area contributed by atoms with Crippen molar-refractivity contribution in [2.24, 2.45) is 0 Å². The number of hydrogen-bond donors (Lipinski definition) is 2. The Bertz CT molecular complexity index is 1180. The van der Waals surface area contributed by atoms with Gasteiger partial charge in [0.05, 0.1) is 34.1 Å². The number of carbonyl (C=O) groups excluding carboxylic acids is 1. The minimum atomic E-state index is -0.382. The van der Waals surface area contributed by atoms with E-state index in [9.17, 15) is 9.90 Å². The Kier molecular flexibility index (Phi) is 8.18. The first-order valence-corrected chi connectivity index (χ1v) is 10.4. The van der Waals surface area contributed by atoms with Crippen molar-refractivity contribution in [2.45, 2.75) is 0 Å². The molecule has 0 saturated heterocycles. The highest BCUT2D eigenvalue weighted by Gasteiger charge is 2.13. The summed E-state index contributed by atoms with van der Waals surface area (Å²) in [4.78, 5) is 12.4. The Morgan fingerprint density at radius 3 is 1.85 bits per heavy atom. The van der Waals surface area contributed by atoms with Gasteiger partial charge in [0, 0.05) is 6.08 Å². The summed E-state index contributed by atoms with van der Waals surface area (Å²) in [5, 5.41) is 13.2. The molecule has 2 N–H and O–H groups in total. The number of rotatable bonds is 9. The summed E-state index contributed by atoms with van der Waals surface area (Å²) in [6, 6.07) is 16.4. The number of benzene rings is 3. The first kappa shape index (κ1) is 24.3. The van der Waals surface area contributed by atoms with Gasteiger partial charge in [-0.15, -0.1) is 0 Å². The molecule has 3 aromatic rings. The molecule has 0 unspecified atom stereocenters. The van der Waals surface area contributed by atoms with Gasteiger partial charge in [0.1, 0.15) is 0 Å². The molecule has 7 nitrogen and oxygen atoms in total. The van der Waals surface area contributed by atoms with Gasteiger partial charge in [0.25, 0.3) is 0 Å². The number of methoxy groups -OCH3 is 4. The van der Waals surface area contributed by atoms with Crippen molar-refractivity contribution >= 4 is 29.8 Å². The number of anilines is 1. The quantitative estimate of drug-likeness (QED) is 0.257. The molecule has 0 spiro atoms. The van der Waals surface area contributed by atoms with Gasteiger partial charge >= 0.3 is 0 Å². The molecule has 0 aliphatic heterocycles. The summed E-state index contributed by atoms with van der Waals surface area (Å²) < 4.78 is 21.4. The van der Waals surface area contributed by atoms with Crippen LogP contribution in [-0.2, 0) is 4.79 Å². The van der Waals surface area contributed by atoms with E-state index in [-0.39, 0.29) is 23.1 Å². The van der Waals surface area contributed by atoms with Crippen molar-refractivity contribution in [2.75, 3.05) is 33.8 Å². The summed E-state index contributed by atoms with van der Waals surface area (Å²) in [7, 11) is 6.10. The van der Waals surface area contributed by atoms with Crippen molar-refractivity contribution in [3.63, 3.8) is 0 Å². The van der Waals surface area contributed by atoms with Crippen molar-refractivity contribution in [1.29, 1.82) is 0 Å². The molecular formula is C27H27NO6. The number of carbonyl (C=O) groups is 1. The third-order valence-corrected chi connectivity index (χ3v) is 4.96. The van der Waals surface area contributed by atoms with Gasteiger partial charge < -0.3 is 29.4 Å². The summed E-state index contributed by atoms with van der Waals surface area (Å²) >= 11 is 0. The van der Waals surface area contributed by atoms with Gasteiger partial charge in [-0.25, -0.2) is 0 Å². The first-order chi connectivity index (χ1) is 16.5. The fourth-order valence-electron chi connectivity index (χ4n) is 3.28. The molecule has 0 fully saturated rings. The molecule has 0 atom stereocenters. The molecule has 0 aliphatic rings. The lowest BCUT2D eigenvalue weighted by Crippen LogP contribution is -2.08. The average molecular weight is 462 g/mol. The average Bonchev–Trinajstić information content (AvgIpc) is 2.87. The summed E-state index contributed by atoms with van der Waals surface area (Å²) in [5.74, 6) is 1.25. The Labute approximate surface area is 198 Å². The van der Waals surface area contributed by atoms with E-state index in [1.54, 1.807) is 39.5 Å². The van der Waals surface area contributed by atoms with E-state index in [1.807, 2.05) is 54.6 Å². The van der Waals surface area contributed by atoms with Crippen LogP contribution in [-0.4, -0.2) is 39.5 Å². The van der Waals surface area contributed by atoms with Crippen molar-refractivity contribution in [3.8, 4) is 28.7 Å². The lowest BCUT2D eigenvalue weighted by molar-refractivity contribution is -0.111. The van der Waals surface area contributed by atoms with Crippen molar-refractivity contribution in [1.82, 2.24) is 0 Å². The third kappa shape index (κ3) is 5.89. The van der Waals surface area contributed by atoms with Gasteiger partial charge in [-0.1, -0.05) is 42.5 Å². The first-order valence-electron chi connectivity index (χ1n) is 10.4. The zero-order chi connectivity index (χ0) is 24.5. The Morgan fingerprint density at radius 2 is 1.29 bits per heavy atom. The maximum absolute atomic E-state index is 12.4. The maximum Gasteiger partial charge on any atom is 0.248 e. The van der Waals surface area contributed by atoms with Crippen LogP contribution in [0, 0.1) is 0 Å². The highest BCUT2D eigenvalue weighted by Crippen LogP contribution is 2.39. The SMILES string of the molecule is COc1cc(/C=C/c2cc(OC)c(OC)c(OC)c2)cc(NC(=O)/C=C/c2ccccc2)c1O. The molecule has 1 amide bonds. The number of amides is 1. The Morgan fingerprint density at radius 1 is 0.735 bits per heavy atom. The monoisotopic (exact) mass is 461 g/mol. The highest BCUT2D eigenvalue weighted by molar-refractivity contribution is 6.03. The minimum absolute atomic E-state index is 0.158. The van der Waals surface area contributed by atoms with Crippen LogP contribution in [0.4, 0.5) is 5.69 Å². The van der Waals surface area contributed by atoms with Crippen LogP contribution in [0.15, 0.2) is 60.7 Å². The third-order valence-electron chi connectivity index (χ3n) is 4.96. The highest BCUT2D eigenvalue weighted by atomic mass is 16.5. The lowest BCUT2D eigenvalue weighted by atomic mass is 10.1. The zero-order valence-electron chi connectivity index (χ0n) is 19.5. The van der Waals surface area contributed by atoms with E-state index in [0.29, 0.717) is 22.8 Å². The van der Waals surface area contributed by atoms with Gasteiger partial charge in [0.2, 0.25) is 11.7 Å². The maximum atomic E-state index is 12.4. The van der Waals surface area contributed by atoms with E-state index in [2.05, 4.69) is 5.32 Å². The normalized spacial score (nSPS) is 10.9. The molecule has 0 bridgehead atoms. The molecule has 34 heavy (non-hydrogen) atoms. The predicted molar refractivity (Wildman–Crippen MR) is 134 cm³/mol. The number of hydrogen-bond acceptors (Lipinski definition) is 6.